The van der Waals surface area contributed by atoms with Crippen LogP contribution in [0.5, 0.6) is 0 Å². The number of ketones is 1. The fourth-order valence-electron chi connectivity index (χ4n) is 1.37. The summed E-state index contributed by atoms with van der Waals surface area (Å²) in [5.74, 6) is -0.405. The van der Waals surface area contributed by atoms with E-state index in [9.17, 15) is 9.59 Å². The van der Waals surface area contributed by atoms with Gasteiger partial charge in [0.05, 0.1) is 6.04 Å². The zero-order valence-corrected chi connectivity index (χ0v) is 11.1. The molecule has 92 valence electrons. The molecular weight excluding hydrogens is 309 g/mol. The maximum Gasteiger partial charge on any atom is 0.405 e. The van der Waals surface area contributed by atoms with Gasteiger partial charge in [-0.25, -0.2) is 4.79 Å². The molecule has 0 heterocycles. The molecule has 0 radical (unpaired) electrons. The number of carbonyl (C=O) groups excluding carboxylic acids is 1. The van der Waals surface area contributed by atoms with Crippen LogP contribution in [-0.4, -0.2) is 27.3 Å². The standard InChI is InChI=1S/C11H11BrClNO3/c12-10(13)9(15)8(14-11(16)17)6-7-4-2-1-3-5-7/h1-5,8,10,14H,6H2,(H,16,17). The second kappa shape index (κ2) is 6.61. The number of Topliss-reactive ketones (excluding diaryl/α,β-unsaturated/α-hetero) is 1. The molecule has 0 aliphatic heterocycles. The highest BCUT2D eigenvalue weighted by Crippen LogP contribution is 2.12. The number of amides is 1. The second-order valence-electron chi connectivity index (χ2n) is 3.39. The van der Waals surface area contributed by atoms with Crippen molar-refractivity contribution in [1.29, 1.82) is 0 Å². The van der Waals surface area contributed by atoms with Gasteiger partial charge in [-0.2, -0.15) is 0 Å². The van der Waals surface area contributed by atoms with Crippen LogP contribution < -0.4 is 5.32 Å². The zero-order chi connectivity index (χ0) is 12.8. The maximum absolute atomic E-state index is 11.7. The van der Waals surface area contributed by atoms with Crippen molar-refractivity contribution < 1.29 is 14.7 Å². The smallest absolute Gasteiger partial charge is 0.405 e. The van der Waals surface area contributed by atoms with Gasteiger partial charge >= 0.3 is 6.09 Å². The zero-order valence-electron chi connectivity index (χ0n) is 8.77. The van der Waals surface area contributed by atoms with Crippen LogP contribution in [0.1, 0.15) is 5.56 Å². The van der Waals surface area contributed by atoms with Crippen LogP contribution in [0, 0.1) is 0 Å². The Morgan fingerprint density at radius 3 is 2.41 bits per heavy atom. The third kappa shape index (κ3) is 4.75. The van der Waals surface area contributed by atoms with Gasteiger partial charge < -0.3 is 10.4 Å². The number of alkyl halides is 2. The molecule has 1 amide bonds. The molecule has 1 aromatic carbocycles. The van der Waals surface area contributed by atoms with Crippen molar-refractivity contribution in [1.82, 2.24) is 5.32 Å². The van der Waals surface area contributed by atoms with Crippen LogP contribution in [0.4, 0.5) is 4.79 Å². The number of hydrogen-bond donors (Lipinski definition) is 2. The first-order valence-electron chi connectivity index (χ1n) is 4.86. The Balaban J connectivity index is 2.77. The summed E-state index contributed by atoms with van der Waals surface area (Å²) in [6, 6.07) is 8.28. The summed E-state index contributed by atoms with van der Waals surface area (Å²) in [5.41, 5.74) is 0.865. The summed E-state index contributed by atoms with van der Waals surface area (Å²) < 4.78 is -0.900. The normalized spacial score (nSPS) is 13.8. The number of nitrogens with one attached hydrogen (secondary N) is 1. The van der Waals surface area contributed by atoms with E-state index in [1.165, 1.54) is 0 Å². The lowest BCUT2D eigenvalue weighted by atomic mass is 10.0. The van der Waals surface area contributed by atoms with E-state index in [1.54, 1.807) is 0 Å². The molecule has 2 N–H and O–H groups in total. The monoisotopic (exact) mass is 319 g/mol. The van der Waals surface area contributed by atoms with E-state index in [0.29, 0.717) is 0 Å². The van der Waals surface area contributed by atoms with E-state index >= 15 is 0 Å². The molecule has 0 saturated heterocycles. The number of carbonyl (C=O) groups is 2. The molecule has 0 spiro atoms. The van der Waals surface area contributed by atoms with E-state index in [1.807, 2.05) is 30.3 Å². The SMILES string of the molecule is O=C(O)NC(Cc1ccccc1)C(=O)C(Cl)Br. The molecule has 1 aromatic rings. The summed E-state index contributed by atoms with van der Waals surface area (Å²) in [6.45, 7) is 0. The van der Waals surface area contributed by atoms with Gasteiger partial charge in [0, 0.05) is 0 Å². The minimum absolute atomic E-state index is 0.279. The van der Waals surface area contributed by atoms with Crippen molar-refractivity contribution in [2.45, 2.75) is 16.7 Å². The van der Waals surface area contributed by atoms with Crippen LogP contribution in [-0.2, 0) is 11.2 Å². The van der Waals surface area contributed by atoms with Gasteiger partial charge in [-0.3, -0.25) is 4.79 Å². The Hall–Kier alpha value is -1.07. The largest absolute Gasteiger partial charge is 0.465 e. The molecule has 4 nitrogen and oxygen atoms in total. The van der Waals surface area contributed by atoms with Crippen LogP contribution in [0.2, 0.25) is 0 Å². The van der Waals surface area contributed by atoms with Gasteiger partial charge in [0.1, 0.15) is 4.29 Å². The molecule has 0 aliphatic carbocycles. The number of carboxylic acid groups (broad SMARTS) is 1. The topological polar surface area (TPSA) is 66.4 Å². The van der Waals surface area contributed by atoms with E-state index in [2.05, 4.69) is 21.2 Å². The average molecular weight is 321 g/mol. The van der Waals surface area contributed by atoms with Crippen molar-refractivity contribution in [3.8, 4) is 0 Å². The number of rotatable bonds is 5. The molecule has 17 heavy (non-hydrogen) atoms. The molecule has 0 bridgehead atoms. The van der Waals surface area contributed by atoms with Crippen LogP contribution in [0.3, 0.4) is 0 Å². The molecule has 0 aliphatic rings. The van der Waals surface area contributed by atoms with E-state index < -0.39 is 22.2 Å². The van der Waals surface area contributed by atoms with Gasteiger partial charge in [0.15, 0.2) is 5.78 Å². The lowest BCUT2D eigenvalue weighted by molar-refractivity contribution is -0.119. The van der Waals surface area contributed by atoms with Gasteiger partial charge in [-0.15, -0.1) is 11.6 Å². The first kappa shape index (κ1) is 14.0. The Bertz CT molecular complexity index is 397. The summed E-state index contributed by atoms with van der Waals surface area (Å²) in [7, 11) is 0. The minimum atomic E-state index is -1.25. The first-order chi connectivity index (χ1) is 8.00. The molecule has 1 rings (SSSR count). The minimum Gasteiger partial charge on any atom is -0.465 e. The summed E-state index contributed by atoms with van der Waals surface area (Å²) in [5, 5.41) is 10.8. The quantitative estimate of drug-likeness (QED) is 0.819. The number of hydrogen-bond acceptors (Lipinski definition) is 2. The maximum atomic E-state index is 11.7. The van der Waals surface area contributed by atoms with Crippen molar-refractivity contribution >= 4 is 39.4 Å². The first-order valence-corrected chi connectivity index (χ1v) is 6.21. The highest BCUT2D eigenvalue weighted by atomic mass is 79.9. The third-order valence-corrected chi connectivity index (χ3v) is 2.81. The number of benzene rings is 1. The summed E-state index contributed by atoms with van der Waals surface area (Å²) in [4.78, 5) is 22.3. The van der Waals surface area contributed by atoms with Crippen molar-refractivity contribution in [2.24, 2.45) is 0 Å². The van der Waals surface area contributed by atoms with E-state index in [-0.39, 0.29) is 6.42 Å². The highest BCUT2D eigenvalue weighted by molar-refractivity contribution is 9.10. The Kier molecular flexibility index (Phi) is 5.44. The van der Waals surface area contributed by atoms with Crippen LogP contribution >= 0.6 is 27.5 Å². The van der Waals surface area contributed by atoms with Gasteiger partial charge in [0.2, 0.25) is 0 Å². The summed E-state index contributed by atoms with van der Waals surface area (Å²) >= 11 is 8.53. The molecule has 0 aromatic heterocycles. The fourth-order valence-corrected chi connectivity index (χ4v) is 1.84. The predicted molar refractivity (Wildman–Crippen MR) is 68.7 cm³/mol. The van der Waals surface area contributed by atoms with E-state index in [4.69, 9.17) is 16.7 Å². The number of halogens is 2. The van der Waals surface area contributed by atoms with Gasteiger partial charge in [-0.05, 0) is 12.0 Å². The van der Waals surface area contributed by atoms with Gasteiger partial charge in [0.25, 0.3) is 0 Å². The molecule has 6 heteroatoms. The Labute approximate surface area is 112 Å². The van der Waals surface area contributed by atoms with Crippen molar-refractivity contribution in [3.63, 3.8) is 0 Å². The Morgan fingerprint density at radius 1 is 1.35 bits per heavy atom. The van der Waals surface area contributed by atoms with Crippen LogP contribution in [0.25, 0.3) is 0 Å². The van der Waals surface area contributed by atoms with Crippen molar-refractivity contribution in [3.05, 3.63) is 35.9 Å². The van der Waals surface area contributed by atoms with Crippen LogP contribution in [0.15, 0.2) is 30.3 Å². The van der Waals surface area contributed by atoms with E-state index in [0.717, 1.165) is 5.56 Å². The second-order valence-corrected chi connectivity index (χ2v) is 5.27. The highest BCUT2D eigenvalue weighted by Gasteiger charge is 2.25. The third-order valence-electron chi connectivity index (χ3n) is 2.14. The van der Waals surface area contributed by atoms with Crippen molar-refractivity contribution in [2.75, 3.05) is 0 Å². The molecule has 0 fully saturated rings. The molecule has 2 atom stereocenters. The lowest BCUT2D eigenvalue weighted by Crippen LogP contribution is -2.43. The molecule has 0 saturated carbocycles. The predicted octanol–water partition coefficient (Wildman–Crippen LogP) is 2.39. The average Bonchev–Trinajstić information content (AvgIpc) is 2.28. The Morgan fingerprint density at radius 2 is 1.94 bits per heavy atom. The summed E-state index contributed by atoms with van der Waals surface area (Å²) in [6.07, 6.45) is -0.968. The molecule has 2 unspecified atom stereocenters. The van der Waals surface area contributed by atoms with Gasteiger partial charge in [-0.1, -0.05) is 46.3 Å². The lowest BCUT2D eigenvalue weighted by Gasteiger charge is -2.16. The fraction of sp³-hybridized carbons (Fsp3) is 0.273. The molecular formula is C11H11BrClNO3.